The van der Waals surface area contributed by atoms with Crippen LogP contribution in [0.15, 0.2) is 23.8 Å². The molecule has 1 unspecified atom stereocenters. The zero-order valence-electron chi connectivity index (χ0n) is 11.8. The molecule has 2 rings (SSSR count). The number of aryl methyl sites for hydroxylation is 1. The van der Waals surface area contributed by atoms with Crippen molar-refractivity contribution < 1.29 is 4.79 Å². The summed E-state index contributed by atoms with van der Waals surface area (Å²) >= 11 is 1.56. The Balaban J connectivity index is 2.12. The average Bonchev–Trinajstić information content (AvgIpc) is 2.86. The number of hydrogen-bond acceptors (Lipinski definition) is 5. The van der Waals surface area contributed by atoms with E-state index in [0.29, 0.717) is 5.56 Å². The van der Waals surface area contributed by atoms with E-state index in [1.54, 1.807) is 29.8 Å². The van der Waals surface area contributed by atoms with Crippen LogP contribution in [0.2, 0.25) is 0 Å². The summed E-state index contributed by atoms with van der Waals surface area (Å²) in [5, 5.41) is 9.00. The van der Waals surface area contributed by atoms with Crippen LogP contribution in [0.5, 0.6) is 0 Å². The lowest BCUT2D eigenvalue weighted by atomic mass is 10.2. The van der Waals surface area contributed by atoms with Gasteiger partial charge < -0.3 is 10.6 Å². The van der Waals surface area contributed by atoms with Crippen molar-refractivity contribution in [2.24, 2.45) is 0 Å². The Kier molecular flexibility index (Phi) is 4.68. The van der Waals surface area contributed by atoms with Gasteiger partial charge in [-0.3, -0.25) is 9.78 Å². The van der Waals surface area contributed by atoms with Gasteiger partial charge in [0.25, 0.3) is 5.91 Å². The fraction of sp³-hybridized carbons (Fsp3) is 0.357. The summed E-state index contributed by atoms with van der Waals surface area (Å²) in [5.41, 5.74) is 2.32. The SMILES string of the molecule is CCNc1cnccc1C(=O)NC(C)c1nc(C)cs1. The first-order valence-electron chi connectivity index (χ1n) is 6.52. The van der Waals surface area contributed by atoms with E-state index < -0.39 is 0 Å². The van der Waals surface area contributed by atoms with Crippen molar-refractivity contribution in [2.75, 3.05) is 11.9 Å². The second-order valence-electron chi connectivity index (χ2n) is 4.47. The molecule has 2 heterocycles. The molecular formula is C14H18N4OS. The normalized spacial score (nSPS) is 11.9. The third-order valence-corrected chi connectivity index (χ3v) is 3.93. The van der Waals surface area contributed by atoms with Gasteiger partial charge in [0.2, 0.25) is 0 Å². The van der Waals surface area contributed by atoms with Crippen molar-refractivity contribution in [3.8, 4) is 0 Å². The van der Waals surface area contributed by atoms with E-state index in [1.165, 1.54) is 0 Å². The first-order valence-corrected chi connectivity index (χ1v) is 7.40. The maximum atomic E-state index is 12.3. The predicted molar refractivity (Wildman–Crippen MR) is 81.1 cm³/mol. The molecule has 2 N–H and O–H groups in total. The highest BCUT2D eigenvalue weighted by Crippen LogP contribution is 2.19. The summed E-state index contributed by atoms with van der Waals surface area (Å²) in [5.74, 6) is -0.122. The van der Waals surface area contributed by atoms with Crippen molar-refractivity contribution in [1.82, 2.24) is 15.3 Å². The minimum absolute atomic E-state index is 0.108. The summed E-state index contributed by atoms with van der Waals surface area (Å²) in [6, 6.07) is 1.61. The topological polar surface area (TPSA) is 66.9 Å². The van der Waals surface area contributed by atoms with Crippen LogP contribution in [0.3, 0.4) is 0 Å². The van der Waals surface area contributed by atoms with Crippen molar-refractivity contribution in [2.45, 2.75) is 26.8 Å². The molecule has 20 heavy (non-hydrogen) atoms. The minimum Gasteiger partial charge on any atom is -0.383 e. The van der Waals surface area contributed by atoms with Gasteiger partial charge in [-0.25, -0.2) is 4.98 Å². The first-order chi connectivity index (χ1) is 9.61. The van der Waals surface area contributed by atoms with Crippen molar-refractivity contribution in [1.29, 1.82) is 0 Å². The number of rotatable bonds is 5. The molecule has 0 fully saturated rings. The zero-order valence-corrected chi connectivity index (χ0v) is 12.6. The summed E-state index contributed by atoms with van der Waals surface area (Å²) in [4.78, 5) is 20.8. The lowest BCUT2D eigenvalue weighted by Gasteiger charge is -2.14. The molecule has 0 aliphatic rings. The maximum Gasteiger partial charge on any atom is 0.254 e. The Morgan fingerprint density at radius 1 is 1.50 bits per heavy atom. The lowest BCUT2D eigenvalue weighted by molar-refractivity contribution is 0.0940. The average molecular weight is 290 g/mol. The number of nitrogens with one attached hydrogen (secondary N) is 2. The van der Waals surface area contributed by atoms with Gasteiger partial charge >= 0.3 is 0 Å². The highest BCUT2D eigenvalue weighted by Gasteiger charge is 2.16. The smallest absolute Gasteiger partial charge is 0.254 e. The highest BCUT2D eigenvalue weighted by atomic mass is 32.1. The van der Waals surface area contributed by atoms with Crippen LogP contribution in [0.1, 0.15) is 40.9 Å². The molecular weight excluding hydrogens is 272 g/mol. The predicted octanol–water partition coefficient (Wildman–Crippen LogP) is 2.77. The number of carbonyl (C=O) groups excluding carboxylic acids is 1. The van der Waals surface area contributed by atoms with Gasteiger partial charge in [0.15, 0.2) is 0 Å². The standard InChI is InChI=1S/C14H18N4OS/c1-4-16-12-7-15-6-5-11(12)13(19)18-10(3)14-17-9(2)8-20-14/h5-8,10,16H,4H2,1-3H3,(H,18,19). The Morgan fingerprint density at radius 2 is 2.30 bits per heavy atom. The zero-order chi connectivity index (χ0) is 14.5. The van der Waals surface area contributed by atoms with Gasteiger partial charge in [-0.2, -0.15) is 0 Å². The van der Waals surface area contributed by atoms with Gasteiger partial charge in [-0.15, -0.1) is 11.3 Å². The largest absolute Gasteiger partial charge is 0.383 e. The molecule has 0 aliphatic heterocycles. The molecule has 106 valence electrons. The summed E-state index contributed by atoms with van der Waals surface area (Å²) < 4.78 is 0. The quantitative estimate of drug-likeness (QED) is 0.888. The van der Waals surface area contributed by atoms with Gasteiger partial charge in [0.05, 0.1) is 23.5 Å². The second kappa shape index (κ2) is 6.47. The Bertz CT molecular complexity index is 596. The van der Waals surface area contributed by atoms with E-state index in [-0.39, 0.29) is 11.9 Å². The molecule has 0 spiro atoms. The minimum atomic E-state index is -0.122. The van der Waals surface area contributed by atoms with Gasteiger partial charge in [-0.1, -0.05) is 0 Å². The Labute approximate surface area is 122 Å². The molecule has 2 aromatic rings. The molecule has 1 atom stereocenters. The highest BCUT2D eigenvalue weighted by molar-refractivity contribution is 7.09. The van der Waals surface area contributed by atoms with Gasteiger partial charge in [0, 0.05) is 23.8 Å². The van der Waals surface area contributed by atoms with Crippen LogP contribution in [-0.2, 0) is 0 Å². The van der Waals surface area contributed by atoms with E-state index in [2.05, 4.69) is 20.6 Å². The van der Waals surface area contributed by atoms with Crippen LogP contribution in [0.25, 0.3) is 0 Å². The number of pyridine rings is 1. The van der Waals surface area contributed by atoms with Crippen LogP contribution in [-0.4, -0.2) is 22.4 Å². The molecule has 0 bridgehead atoms. The molecule has 0 saturated heterocycles. The van der Waals surface area contributed by atoms with Crippen LogP contribution in [0.4, 0.5) is 5.69 Å². The van der Waals surface area contributed by atoms with Crippen LogP contribution < -0.4 is 10.6 Å². The van der Waals surface area contributed by atoms with E-state index >= 15 is 0 Å². The Morgan fingerprint density at radius 3 is 2.95 bits per heavy atom. The molecule has 0 aromatic carbocycles. The monoisotopic (exact) mass is 290 g/mol. The Hall–Kier alpha value is -1.95. The lowest BCUT2D eigenvalue weighted by Crippen LogP contribution is -2.27. The fourth-order valence-electron chi connectivity index (χ4n) is 1.83. The van der Waals surface area contributed by atoms with Crippen LogP contribution >= 0.6 is 11.3 Å². The summed E-state index contributed by atoms with van der Waals surface area (Å²) in [6.45, 7) is 6.60. The van der Waals surface area contributed by atoms with Gasteiger partial charge in [0.1, 0.15) is 5.01 Å². The summed E-state index contributed by atoms with van der Waals surface area (Å²) in [7, 11) is 0. The summed E-state index contributed by atoms with van der Waals surface area (Å²) in [6.07, 6.45) is 3.28. The van der Waals surface area contributed by atoms with Crippen molar-refractivity contribution >= 4 is 22.9 Å². The number of hydrogen-bond donors (Lipinski definition) is 2. The molecule has 5 nitrogen and oxygen atoms in total. The fourth-order valence-corrected chi connectivity index (χ4v) is 2.63. The number of amides is 1. The number of anilines is 1. The van der Waals surface area contributed by atoms with E-state index in [0.717, 1.165) is 22.9 Å². The van der Waals surface area contributed by atoms with E-state index in [4.69, 9.17) is 0 Å². The first kappa shape index (κ1) is 14.5. The molecule has 6 heteroatoms. The third-order valence-electron chi connectivity index (χ3n) is 2.79. The van der Waals surface area contributed by atoms with Crippen molar-refractivity contribution in [3.05, 3.63) is 40.1 Å². The number of nitrogens with zero attached hydrogens (tertiary/aromatic N) is 2. The molecule has 0 radical (unpaired) electrons. The third kappa shape index (κ3) is 3.33. The molecule has 0 aliphatic carbocycles. The molecule has 0 saturated carbocycles. The van der Waals surface area contributed by atoms with Gasteiger partial charge in [-0.05, 0) is 26.8 Å². The molecule has 1 amide bonds. The van der Waals surface area contributed by atoms with Crippen molar-refractivity contribution in [3.63, 3.8) is 0 Å². The number of aromatic nitrogens is 2. The van der Waals surface area contributed by atoms with E-state index in [9.17, 15) is 4.79 Å². The van der Waals surface area contributed by atoms with E-state index in [1.807, 2.05) is 26.2 Å². The molecule has 2 aromatic heterocycles. The maximum absolute atomic E-state index is 12.3. The second-order valence-corrected chi connectivity index (χ2v) is 5.36. The number of carbonyl (C=O) groups is 1. The van der Waals surface area contributed by atoms with Crippen LogP contribution in [0, 0.1) is 6.92 Å². The number of thiazole rings is 1.